The molecule has 3 aromatic rings. The SMILES string of the molecule is COc1cc([C@H]2[C@H](C(=O)c3ccc(C)cc3C)N3c4ccccc4C=C[C@H]3C2(C#N)C#N)cc(OC)c1OC. The van der Waals surface area contributed by atoms with Crippen molar-refractivity contribution >= 4 is 17.5 Å². The number of ketones is 1. The largest absolute Gasteiger partial charge is 0.493 e. The summed E-state index contributed by atoms with van der Waals surface area (Å²) in [5.41, 5.74) is 3.15. The first-order chi connectivity index (χ1) is 18.8. The molecule has 1 saturated heterocycles. The Morgan fingerprint density at radius 1 is 0.923 bits per heavy atom. The summed E-state index contributed by atoms with van der Waals surface area (Å²) in [6.45, 7) is 3.89. The highest BCUT2D eigenvalue weighted by molar-refractivity contribution is 6.05. The van der Waals surface area contributed by atoms with Crippen LogP contribution in [0.5, 0.6) is 17.2 Å². The lowest BCUT2D eigenvalue weighted by Gasteiger charge is -2.35. The van der Waals surface area contributed by atoms with Crippen LogP contribution in [0.25, 0.3) is 6.08 Å². The fraction of sp³-hybridized carbons (Fsp3) is 0.281. The number of ether oxygens (including phenoxy) is 3. The molecule has 0 N–H and O–H groups in total. The third kappa shape index (κ3) is 3.82. The average molecular weight is 520 g/mol. The number of hydrogen-bond donors (Lipinski definition) is 0. The van der Waals surface area contributed by atoms with E-state index in [1.807, 2.05) is 73.4 Å². The highest BCUT2D eigenvalue weighted by Crippen LogP contribution is 2.57. The van der Waals surface area contributed by atoms with Gasteiger partial charge in [0.15, 0.2) is 22.7 Å². The maximum Gasteiger partial charge on any atom is 0.203 e. The number of carbonyl (C=O) groups excluding carboxylic acids is 1. The van der Waals surface area contributed by atoms with Crippen LogP contribution >= 0.6 is 0 Å². The van der Waals surface area contributed by atoms with Crippen LogP contribution < -0.4 is 19.1 Å². The minimum atomic E-state index is -1.59. The average Bonchev–Trinajstić information content (AvgIpc) is 3.27. The van der Waals surface area contributed by atoms with Gasteiger partial charge in [-0.2, -0.15) is 10.5 Å². The molecule has 3 atom stereocenters. The molecular weight excluding hydrogens is 490 g/mol. The van der Waals surface area contributed by atoms with E-state index in [-0.39, 0.29) is 5.78 Å². The van der Waals surface area contributed by atoms with Crippen LogP contribution in [0.4, 0.5) is 5.69 Å². The van der Waals surface area contributed by atoms with Gasteiger partial charge in [-0.1, -0.05) is 54.1 Å². The molecule has 196 valence electrons. The molecule has 2 aliphatic heterocycles. The summed E-state index contributed by atoms with van der Waals surface area (Å²) < 4.78 is 16.8. The highest BCUT2D eigenvalue weighted by atomic mass is 16.5. The number of hydrogen-bond acceptors (Lipinski definition) is 7. The Morgan fingerprint density at radius 3 is 2.18 bits per heavy atom. The second kappa shape index (κ2) is 9.85. The van der Waals surface area contributed by atoms with E-state index in [4.69, 9.17) is 14.2 Å². The fourth-order valence-corrected chi connectivity index (χ4v) is 6.14. The molecule has 1 fully saturated rings. The molecule has 3 aromatic carbocycles. The first kappa shape index (κ1) is 25.9. The Hall–Kier alpha value is -4.75. The van der Waals surface area contributed by atoms with Gasteiger partial charge in [0.1, 0.15) is 6.04 Å². The van der Waals surface area contributed by atoms with E-state index in [1.54, 1.807) is 12.1 Å². The van der Waals surface area contributed by atoms with Crippen LogP contribution in [0.3, 0.4) is 0 Å². The predicted molar refractivity (Wildman–Crippen MR) is 148 cm³/mol. The van der Waals surface area contributed by atoms with Crippen molar-refractivity contribution in [3.8, 4) is 29.4 Å². The van der Waals surface area contributed by atoms with Gasteiger partial charge in [-0.15, -0.1) is 0 Å². The number of anilines is 1. The number of nitrogens with zero attached hydrogens (tertiary/aromatic N) is 3. The zero-order chi connectivity index (χ0) is 27.9. The van der Waals surface area contributed by atoms with Crippen molar-refractivity contribution in [1.82, 2.24) is 0 Å². The summed E-state index contributed by atoms with van der Waals surface area (Å²) in [6.07, 6.45) is 3.80. The van der Waals surface area contributed by atoms with E-state index in [1.165, 1.54) is 21.3 Å². The topological polar surface area (TPSA) is 95.6 Å². The smallest absolute Gasteiger partial charge is 0.203 e. The molecular formula is C32H29N3O4. The third-order valence-electron chi connectivity index (χ3n) is 7.88. The Bertz CT molecular complexity index is 1540. The van der Waals surface area contributed by atoms with Crippen LogP contribution in [0.15, 0.2) is 60.7 Å². The van der Waals surface area contributed by atoms with Gasteiger partial charge in [0.05, 0.1) is 39.5 Å². The van der Waals surface area contributed by atoms with Gasteiger partial charge in [0.2, 0.25) is 5.75 Å². The van der Waals surface area contributed by atoms with Gasteiger partial charge in [0, 0.05) is 17.2 Å². The lowest BCUT2D eigenvalue weighted by Crippen LogP contribution is -2.44. The van der Waals surface area contributed by atoms with Crippen LogP contribution in [-0.4, -0.2) is 39.2 Å². The normalized spacial score (nSPS) is 20.3. The number of benzene rings is 3. The summed E-state index contributed by atoms with van der Waals surface area (Å²) in [6, 6.07) is 20.1. The standard InChI is InChI=1S/C32H29N3O4/c1-19-10-12-23(20(2)14-19)30(36)29-28(22-15-25(37-3)31(39-5)26(16-22)38-4)32(17-33,18-34)27-13-11-21-8-6-7-9-24(21)35(27)29/h6-16,27-29H,1-5H3/t27-,28-,29+/m0/s1. The van der Waals surface area contributed by atoms with E-state index in [9.17, 15) is 15.3 Å². The lowest BCUT2D eigenvalue weighted by atomic mass is 9.69. The van der Waals surface area contributed by atoms with Crippen molar-refractivity contribution in [2.24, 2.45) is 5.41 Å². The molecule has 39 heavy (non-hydrogen) atoms. The maximum atomic E-state index is 14.6. The molecule has 0 unspecified atom stereocenters. The van der Waals surface area contributed by atoms with Crippen LogP contribution in [0, 0.1) is 41.9 Å². The fourth-order valence-electron chi connectivity index (χ4n) is 6.14. The Kier molecular flexibility index (Phi) is 6.54. The van der Waals surface area contributed by atoms with Gasteiger partial charge in [-0.3, -0.25) is 4.79 Å². The Labute approximate surface area is 228 Å². The van der Waals surface area contributed by atoms with Gasteiger partial charge in [-0.05, 0) is 48.7 Å². The summed E-state index contributed by atoms with van der Waals surface area (Å²) in [5, 5.41) is 21.4. The second-order valence-corrected chi connectivity index (χ2v) is 9.93. The molecule has 0 aliphatic carbocycles. The second-order valence-electron chi connectivity index (χ2n) is 9.93. The molecule has 0 spiro atoms. The minimum Gasteiger partial charge on any atom is -0.493 e. The maximum absolute atomic E-state index is 14.6. The molecule has 2 heterocycles. The number of fused-ring (bicyclic) bond motifs is 3. The highest BCUT2D eigenvalue weighted by Gasteiger charge is 2.63. The predicted octanol–water partition coefficient (Wildman–Crippen LogP) is 5.61. The van der Waals surface area contributed by atoms with E-state index < -0.39 is 23.4 Å². The van der Waals surface area contributed by atoms with Crippen LogP contribution in [0.2, 0.25) is 0 Å². The molecule has 0 aromatic heterocycles. The number of methoxy groups -OCH3 is 3. The number of Topliss-reactive ketones (excluding diaryl/α,β-unsaturated/α-hetero) is 1. The molecule has 0 bridgehead atoms. The minimum absolute atomic E-state index is 0.159. The number of para-hydroxylation sites is 1. The van der Waals surface area contributed by atoms with Crippen LogP contribution in [-0.2, 0) is 0 Å². The number of rotatable bonds is 6. The van der Waals surface area contributed by atoms with Crippen LogP contribution in [0.1, 0.15) is 38.5 Å². The molecule has 7 heteroatoms. The Morgan fingerprint density at radius 2 is 1.59 bits per heavy atom. The van der Waals surface area contributed by atoms with E-state index in [0.717, 1.165) is 22.4 Å². The van der Waals surface area contributed by atoms with Gasteiger partial charge < -0.3 is 19.1 Å². The van der Waals surface area contributed by atoms with E-state index >= 15 is 0 Å². The molecule has 5 rings (SSSR count). The van der Waals surface area contributed by atoms with Crippen molar-refractivity contribution in [2.45, 2.75) is 31.8 Å². The first-order valence-electron chi connectivity index (χ1n) is 12.6. The van der Waals surface area contributed by atoms with Gasteiger partial charge in [-0.25, -0.2) is 0 Å². The van der Waals surface area contributed by atoms with Crippen molar-refractivity contribution in [1.29, 1.82) is 10.5 Å². The number of aryl methyl sites for hydroxylation is 2. The van der Waals surface area contributed by atoms with Crippen molar-refractivity contribution in [3.63, 3.8) is 0 Å². The molecule has 0 saturated carbocycles. The summed E-state index contributed by atoms with van der Waals surface area (Å²) in [5.74, 6) is 0.163. The van der Waals surface area contributed by atoms with Gasteiger partial charge in [0.25, 0.3) is 0 Å². The monoisotopic (exact) mass is 519 g/mol. The van der Waals surface area contributed by atoms with E-state index in [2.05, 4.69) is 12.1 Å². The quantitative estimate of drug-likeness (QED) is 0.391. The summed E-state index contributed by atoms with van der Waals surface area (Å²) >= 11 is 0. The van der Waals surface area contributed by atoms with Crippen molar-refractivity contribution in [2.75, 3.05) is 26.2 Å². The number of nitriles is 2. The molecule has 0 amide bonds. The summed E-state index contributed by atoms with van der Waals surface area (Å²) in [4.78, 5) is 16.6. The Balaban J connectivity index is 1.83. The molecule has 7 nitrogen and oxygen atoms in total. The lowest BCUT2D eigenvalue weighted by molar-refractivity contribution is 0.0950. The first-order valence-corrected chi connectivity index (χ1v) is 12.6. The number of carbonyl (C=O) groups is 1. The third-order valence-corrected chi connectivity index (χ3v) is 7.88. The zero-order valence-corrected chi connectivity index (χ0v) is 22.6. The molecule has 2 aliphatic rings. The van der Waals surface area contributed by atoms with Crippen molar-refractivity contribution in [3.05, 3.63) is 88.5 Å². The summed E-state index contributed by atoms with van der Waals surface area (Å²) in [7, 11) is 4.54. The molecule has 0 radical (unpaired) electrons. The van der Waals surface area contributed by atoms with Gasteiger partial charge >= 0.3 is 0 Å². The van der Waals surface area contributed by atoms with E-state index in [0.29, 0.717) is 28.4 Å². The van der Waals surface area contributed by atoms with Crippen molar-refractivity contribution < 1.29 is 19.0 Å². The zero-order valence-electron chi connectivity index (χ0n) is 22.6.